The highest BCUT2D eigenvalue weighted by molar-refractivity contribution is 5.28. The first kappa shape index (κ1) is 26.9. The summed E-state index contributed by atoms with van der Waals surface area (Å²) in [4.78, 5) is 5.40. The molecule has 2 nitrogen and oxygen atoms in total. The van der Waals surface area contributed by atoms with Gasteiger partial charge in [0.2, 0.25) is 0 Å². The largest absolute Gasteiger partial charge is 0.301 e. The summed E-state index contributed by atoms with van der Waals surface area (Å²) in [5.41, 5.74) is 4.82. The number of allylic oxidation sites excluding steroid dienone is 2. The van der Waals surface area contributed by atoms with E-state index in [9.17, 15) is 0 Å². The van der Waals surface area contributed by atoms with E-state index in [0.29, 0.717) is 6.04 Å². The molecule has 0 N–H and O–H groups in total. The van der Waals surface area contributed by atoms with Gasteiger partial charge in [-0.1, -0.05) is 87.7 Å². The van der Waals surface area contributed by atoms with Crippen LogP contribution in [-0.2, 0) is 6.42 Å². The molecule has 180 valence electrons. The Balaban J connectivity index is 0.00000363. The van der Waals surface area contributed by atoms with Crippen LogP contribution >= 0.6 is 0 Å². The van der Waals surface area contributed by atoms with Gasteiger partial charge in [-0.2, -0.15) is 0 Å². The Labute approximate surface area is 199 Å². The van der Waals surface area contributed by atoms with Gasteiger partial charge in [0.1, 0.15) is 0 Å². The quantitative estimate of drug-likeness (QED) is 0.352. The Bertz CT molecular complexity index is 682. The van der Waals surface area contributed by atoms with Crippen molar-refractivity contribution in [1.29, 1.82) is 0 Å². The van der Waals surface area contributed by atoms with Crippen molar-refractivity contribution in [2.75, 3.05) is 32.7 Å². The van der Waals surface area contributed by atoms with E-state index in [-0.39, 0.29) is 7.43 Å². The van der Waals surface area contributed by atoms with E-state index < -0.39 is 0 Å². The fourth-order valence-electron chi connectivity index (χ4n) is 5.50. The molecule has 1 heterocycles. The van der Waals surface area contributed by atoms with Gasteiger partial charge < -0.3 is 4.90 Å². The van der Waals surface area contributed by atoms with Gasteiger partial charge in [0.05, 0.1) is 0 Å². The van der Waals surface area contributed by atoms with Crippen molar-refractivity contribution in [3.8, 4) is 0 Å². The van der Waals surface area contributed by atoms with E-state index >= 15 is 0 Å². The zero-order valence-corrected chi connectivity index (χ0v) is 20.5. The standard InChI is InChI=1S/C29H46N2.CH4/c1-4-28-23-27(17-18-29(28)24-30-19-11-6-7-12-20-30)22-25(3)31(5-2)21-13-16-26-14-9-8-10-15-26;/h8-10,14-15,17-18,25,28H,4-7,11-13,16,19-24H2,1-3H3;1H4. The molecule has 0 saturated carbocycles. The number of hydrogen-bond donors (Lipinski definition) is 0. The van der Waals surface area contributed by atoms with Crippen molar-refractivity contribution in [3.05, 3.63) is 59.2 Å². The summed E-state index contributed by atoms with van der Waals surface area (Å²) in [6.45, 7) is 13.3. The van der Waals surface area contributed by atoms with Gasteiger partial charge in [-0.15, -0.1) is 0 Å². The zero-order valence-electron chi connectivity index (χ0n) is 20.5. The van der Waals surface area contributed by atoms with Gasteiger partial charge in [-0.05, 0) is 89.5 Å². The molecule has 32 heavy (non-hydrogen) atoms. The van der Waals surface area contributed by atoms with Crippen molar-refractivity contribution in [1.82, 2.24) is 9.80 Å². The summed E-state index contributed by atoms with van der Waals surface area (Å²) < 4.78 is 0. The van der Waals surface area contributed by atoms with E-state index in [1.54, 1.807) is 11.1 Å². The third-order valence-electron chi connectivity index (χ3n) is 7.50. The molecule has 1 aliphatic heterocycles. The first-order chi connectivity index (χ1) is 15.2. The maximum atomic E-state index is 2.72. The molecule has 2 heteroatoms. The lowest BCUT2D eigenvalue weighted by Gasteiger charge is -2.32. The Morgan fingerprint density at radius 2 is 1.72 bits per heavy atom. The monoisotopic (exact) mass is 438 g/mol. The first-order valence-corrected chi connectivity index (χ1v) is 13.1. The number of nitrogens with zero attached hydrogens (tertiary/aromatic N) is 2. The van der Waals surface area contributed by atoms with E-state index in [4.69, 9.17) is 0 Å². The lowest BCUT2D eigenvalue weighted by atomic mass is 9.83. The summed E-state index contributed by atoms with van der Waals surface area (Å²) in [7, 11) is 0. The molecule has 0 radical (unpaired) electrons. The molecule has 1 fully saturated rings. The van der Waals surface area contributed by atoms with Crippen LogP contribution in [0.25, 0.3) is 0 Å². The highest BCUT2D eigenvalue weighted by atomic mass is 15.1. The molecule has 0 amide bonds. The molecular weight excluding hydrogens is 388 g/mol. The summed E-state index contributed by atoms with van der Waals surface area (Å²) in [5.74, 6) is 0.753. The van der Waals surface area contributed by atoms with Crippen LogP contribution in [0.3, 0.4) is 0 Å². The minimum Gasteiger partial charge on any atom is -0.301 e. The minimum atomic E-state index is 0. The molecule has 1 aliphatic carbocycles. The second kappa shape index (κ2) is 14.7. The van der Waals surface area contributed by atoms with Crippen LogP contribution in [-0.4, -0.2) is 48.6 Å². The number of aryl methyl sites for hydroxylation is 1. The fraction of sp³-hybridized carbons (Fsp3) is 0.667. The summed E-state index contributed by atoms with van der Waals surface area (Å²) in [6, 6.07) is 11.6. The van der Waals surface area contributed by atoms with Crippen LogP contribution in [0.15, 0.2) is 53.6 Å². The van der Waals surface area contributed by atoms with Crippen molar-refractivity contribution < 1.29 is 0 Å². The number of benzene rings is 1. The first-order valence-electron chi connectivity index (χ1n) is 13.1. The number of hydrogen-bond acceptors (Lipinski definition) is 2. The van der Waals surface area contributed by atoms with E-state index in [2.05, 4.69) is 73.1 Å². The van der Waals surface area contributed by atoms with Gasteiger partial charge in [0, 0.05) is 12.6 Å². The normalized spacial score (nSPS) is 20.8. The lowest BCUT2D eigenvalue weighted by Crippen LogP contribution is -2.35. The molecule has 1 aromatic rings. The molecule has 0 spiro atoms. The van der Waals surface area contributed by atoms with Crippen LogP contribution in [0.1, 0.15) is 85.1 Å². The van der Waals surface area contributed by atoms with Crippen LogP contribution in [0.2, 0.25) is 0 Å². The van der Waals surface area contributed by atoms with Crippen molar-refractivity contribution >= 4 is 0 Å². The molecule has 2 unspecified atom stereocenters. The Morgan fingerprint density at radius 1 is 1.00 bits per heavy atom. The van der Waals surface area contributed by atoms with Crippen LogP contribution in [0, 0.1) is 5.92 Å². The second-order valence-corrected chi connectivity index (χ2v) is 9.84. The maximum absolute atomic E-state index is 2.72. The molecular formula is C30H50N2. The van der Waals surface area contributed by atoms with Gasteiger partial charge in [-0.3, -0.25) is 4.90 Å². The fourth-order valence-corrected chi connectivity index (χ4v) is 5.50. The number of likely N-dealkylation sites (tertiary alicyclic amines) is 1. The highest BCUT2D eigenvalue weighted by Gasteiger charge is 2.22. The van der Waals surface area contributed by atoms with Gasteiger partial charge in [0.15, 0.2) is 0 Å². The average molecular weight is 439 g/mol. The minimum absolute atomic E-state index is 0. The molecule has 0 aromatic heterocycles. The maximum Gasteiger partial charge on any atom is 0.0198 e. The topological polar surface area (TPSA) is 6.48 Å². The average Bonchev–Trinajstić information content (AvgIpc) is 3.07. The van der Waals surface area contributed by atoms with E-state index in [1.807, 2.05) is 0 Å². The summed E-state index contributed by atoms with van der Waals surface area (Å²) in [5, 5.41) is 0. The van der Waals surface area contributed by atoms with E-state index in [0.717, 1.165) is 12.5 Å². The van der Waals surface area contributed by atoms with Crippen LogP contribution in [0.4, 0.5) is 0 Å². The second-order valence-electron chi connectivity index (χ2n) is 9.84. The lowest BCUT2D eigenvalue weighted by molar-refractivity contribution is 0.213. The SMILES string of the molecule is C.CCC1CC(CC(C)N(CC)CCCc2ccccc2)=CC=C1CN1CCCCCC1. The van der Waals surface area contributed by atoms with Gasteiger partial charge in [-0.25, -0.2) is 0 Å². The Kier molecular flexibility index (Phi) is 12.3. The van der Waals surface area contributed by atoms with Crippen molar-refractivity contribution in [2.45, 2.75) is 92.0 Å². The molecule has 1 saturated heterocycles. The highest BCUT2D eigenvalue weighted by Crippen LogP contribution is 2.31. The molecule has 2 aliphatic rings. The third-order valence-corrected chi connectivity index (χ3v) is 7.50. The summed E-state index contributed by atoms with van der Waals surface area (Å²) >= 11 is 0. The van der Waals surface area contributed by atoms with Crippen LogP contribution < -0.4 is 0 Å². The van der Waals surface area contributed by atoms with Gasteiger partial charge >= 0.3 is 0 Å². The predicted octanol–water partition coefficient (Wildman–Crippen LogP) is 7.51. The molecule has 0 bridgehead atoms. The van der Waals surface area contributed by atoms with Crippen molar-refractivity contribution in [2.24, 2.45) is 5.92 Å². The smallest absolute Gasteiger partial charge is 0.0198 e. The third kappa shape index (κ3) is 8.52. The molecule has 2 atom stereocenters. The molecule has 1 aromatic carbocycles. The number of rotatable bonds is 11. The van der Waals surface area contributed by atoms with Crippen molar-refractivity contribution in [3.63, 3.8) is 0 Å². The molecule has 3 rings (SSSR count). The van der Waals surface area contributed by atoms with E-state index in [1.165, 1.54) is 89.5 Å². The summed E-state index contributed by atoms with van der Waals surface area (Å²) in [6.07, 6.45) is 16.8. The Hall–Kier alpha value is -1.38. The zero-order chi connectivity index (χ0) is 21.9. The van der Waals surface area contributed by atoms with Crippen LogP contribution in [0.5, 0.6) is 0 Å². The Morgan fingerprint density at radius 3 is 2.38 bits per heavy atom. The predicted molar refractivity (Wildman–Crippen MR) is 142 cm³/mol. The van der Waals surface area contributed by atoms with Gasteiger partial charge in [0.25, 0.3) is 0 Å².